The lowest BCUT2D eigenvalue weighted by Crippen LogP contribution is -2.05. The molecule has 0 aliphatic carbocycles. The third kappa shape index (κ3) is 36.0. The van der Waals surface area contributed by atoms with Crippen LogP contribution >= 0.6 is 112 Å². The number of rotatable bonds is 40. The van der Waals surface area contributed by atoms with Crippen LogP contribution in [0.2, 0.25) is 15.1 Å². The summed E-state index contributed by atoms with van der Waals surface area (Å²) in [5, 5.41) is 24.6. The van der Waals surface area contributed by atoms with Crippen LogP contribution < -0.4 is 25.3 Å². The number of nitrogens with one attached hydrogen (secondary N) is 2. The van der Waals surface area contributed by atoms with E-state index in [1.165, 1.54) is 17.3 Å². The number of aromatic amines is 1. The Morgan fingerprint density at radius 3 is 1.14 bits per heavy atom. The van der Waals surface area contributed by atoms with Gasteiger partial charge in [0.1, 0.15) is 40.3 Å². The summed E-state index contributed by atoms with van der Waals surface area (Å²) >= 11 is 28.9. The van der Waals surface area contributed by atoms with E-state index in [0.29, 0.717) is 159 Å². The number of aromatic hydroxyl groups is 1. The van der Waals surface area contributed by atoms with Gasteiger partial charge in [0.25, 0.3) is 0 Å². The highest BCUT2D eigenvalue weighted by atomic mass is 127. The number of phenolic OH excluding ortho intramolecular Hbond substituents is 1. The van der Waals surface area contributed by atoms with Gasteiger partial charge in [-0.25, -0.2) is 48.6 Å². The minimum atomic E-state index is -3.34. The van der Waals surface area contributed by atoms with Gasteiger partial charge in [-0.15, -0.1) is 0 Å². The molecule has 34 heteroatoms. The number of nitrogen functional groups attached to an aromatic ring is 1. The highest BCUT2D eigenvalue weighted by Crippen LogP contribution is 2.42. The molecule has 16 rings (SSSR count). The molecule has 0 saturated heterocycles. The molecule has 145 heavy (non-hydrogen) atoms. The number of aliphatic hydroxyl groups excluding tert-OH is 1. The van der Waals surface area contributed by atoms with E-state index >= 15 is 0 Å². The van der Waals surface area contributed by atoms with E-state index in [0.717, 1.165) is 102 Å². The summed E-state index contributed by atoms with van der Waals surface area (Å²) in [6, 6.07) is 94.1. The molecular formula is C111H111Br2Cl3I2N6O17S4. The zero-order valence-corrected chi connectivity index (χ0v) is 93.0. The number of hydrogen-bond donors (Lipinski definition) is 5. The normalized spacial score (nSPS) is 11.3. The first kappa shape index (κ1) is 115. The summed E-state index contributed by atoms with van der Waals surface area (Å²) in [5.41, 5.74) is 19.0. The van der Waals surface area contributed by atoms with Gasteiger partial charge in [0.05, 0.1) is 151 Å². The van der Waals surface area contributed by atoms with E-state index in [9.17, 15) is 38.8 Å². The second-order valence-electron chi connectivity index (χ2n) is 32.2. The highest BCUT2D eigenvalue weighted by Gasteiger charge is 2.22. The fraction of sp³-hybridized carbons (Fsp3) is 0.216. The van der Waals surface area contributed by atoms with Crippen molar-refractivity contribution < 1.29 is 77.0 Å². The van der Waals surface area contributed by atoms with Gasteiger partial charge in [0.15, 0.2) is 39.3 Å². The number of anilines is 3. The van der Waals surface area contributed by atoms with E-state index in [1.807, 2.05) is 229 Å². The molecule has 0 unspecified atom stereocenters. The summed E-state index contributed by atoms with van der Waals surface area (Å²) in [7, 11) is -13.1. The van der Waals surface area contributed by atoms with Crippen molar-refractivity contribution in [3.8, 4) is 67.5 Å². The first-order valence-corrected chi connectivity index (χ1v) is 57.8. The summed E-state index contributed by atoms with van der Waals surface area (Å²) < 4.78 is 142. The SMILES string of the molecule is CCS(=O)(=O)c1cccc(-c2ccc(O)c(I)c2)c1.CCS(=O)(=O)c1cccc(-c2ccc(OCCCOCc3ccccc3)c(I)c2)c1.CCS(=O)(=O)c1cccc(-c2ccc(OCCCOCc3ccccc3)c(Nc3ncc(Cl)cc3Br)c2)c1.CCS(=O)(=O)c1cccc(-c2ccc(OCCCOCc3ccccc3)c3[nH]c4ncc(Cl)cc4c23)c1.Nc1ncc(Cl)cc1Br.OCCCOCc1ccccc1. The zero-order valence-electron chi connectivity index (χ0n) is 80.0. The predicted molar refractivity (Wildman–Crippen MR) is 606 cm³/mol. The van der Waals surface area contributed by atoms with Crippen LogP contribution in [0.4, 0.5) is 17.3 Å². The number of benzene rings is 12. The second kappa shape index (κ2) is 58.4. The van der Waals surface area contributed by atoms with Crippen molar-refractivity contribution in [3.63, 3.8) is 0 Å². The molecule has 16 aromatic rings. The fourth-order valence-corrected chi connectivity index (χ4v) is 20.5. The lowest BCUT2D eigenvalue weighted by Gasteiger charge is -2.16. The monoisotopic (exact) mass is 2440 g/mol. The van der Waals surface area contributed by atoms with Gasteiger partial charge in [-0.3, -0.25) is 0 Å². The fourth-order valence-electron chi connectivity index (χ4n) is 14.1. The van der Waals surface area contributed by atoms with Crippen molar-refractivity contribution in [2.24, 2.45) is 0 Å². The van der Waals surface area contributed by atoms with Crippen molar-refractivity contribution in [3.05, 3.63) is 375 Å². The maximum absolute atomic E-state index is 12.5. The van der Waals surface area contributed by atoms with Crippen molar-refractivity contribution in [1.29, 1.82) is 0 Å². The van der Waals surface area contributed by atoms with Gasteiger partial charge < -0.3 is 59.4 Å². The number of nitrogens with two attached hydrogens (primary N) is 1. The number of sulfone groups is 4. The molecular weight excluding hydrogens is 2340 g/mol. The van der Waals surface area contributed by atoms with Crippen LogP contribution in [0.15, 0.2) is 350 Å². The van der Waals surface area contributed by atoms with E-state index in [4.69, 9.17) is 78.8 Å². The minimum Gasteiger partial charge on any atom is -0.507 e. The van der Waals surface area contributed by atoms with E-state index in [2.05, 4.69) is 79.7 Å². The molecule has 4 heterocycles. The molecule has 0 bridgehead atoms. The number of pyridine rings is 3. The number of hydrogen-bond acceptors (Lipinski definition) is 22. The van der Waals surface area contributed by atoms with Gasteiger partial charge in [0.2, 0.25) is 0 Å². The Hall–Kier alpha value is -10.4. The number of aliphatic hydroxyl groups is 1. The van der Waals surface area contributed by atoms with Gasteiger partial charge in [0, 0.05) is 61.8 Å². The lowest BCUT2D eigenvalue weighted by atomic mass is 9.99. The summed E-state index contributed by atoms with van der Waals surface area (Å²) in [4.78, 5) is 17.3. The predicted octanol–water partition coefficient (Wildman–Crippen LogP) is 27.4. The molecule has 4 aromatic heterocycles. The third-order valence-corrected chi connectivity index (χ3v) is 32.4. The number of aromatic nitrogens is 4. The summed E-state index contributed by atoms with van der Waals surface area (Å²) in [6.07, 6.45) is 7.63. The number of ether oxygens (including phenoxy) is 7. The van der Waals surface area contributed by atoms with Crippen LogP contribution in [-0.2, 0) is 84.7 Å². The Morgan fingerprint density at radius 1 is 0.372 bits per heavy atom. The molecule has 0 aliphatic rings. The van der Waals surface area contributed by atoms with Gasteiger partial charge in [-0.1, -0.05) is 251 Å². The molecule has 760 valence electrons. The standard InChI is InChI=1S/C29H28BrClN2O4S.C29H27ClN2O4S.C24H25IO4S.C14H13IO3S.C10H14O2.C5H4BrClN2/c1-2-38(34,35)25-11-6-10-22(16-25)23-12-13-28(27(17-23)33-29-26(30)18-24(31)19-32-29)37-15-7-14-36-20-21-8-4-3-5-9-21;1-2-37(33,34)23-11-6-10-21(16-23)24-12-13-26(28-27(24)25-17-22(30)18-31-29(25)32-28)36-15-7-14-35-19-20-8-4-3-5-9-20;1-2-30(26,27)22-11-6-10-20(16-22)21-12-13-24(23(25)17-21)29-15-7-14-28-18-19-8-4-3-5-9-19;1-2-19(17,18)12-5-3-4-10(8-12)11-6-7-14(16)13(15)9-11;11-7-4-8-12-9-10-5-2-1-3-6-10;6-4-1-3(7)2-9-5(4)8/h3-6,8-13,16-19H,2,7,14-15,20H2,1H3,(H,32,33);3-6,8-13,16-18H,2,7,14-15,19H2,1H3,(H,31,32);3-6,8-13,16-17H,2,7,14-15,18H2,1H3;3-9,16H,2H2,1H3;1-3,5-6,11H,4,7-9H2;1-2H,(H2,8,9). The van der Waals surface area contributed by atoms with Crippen molar-refractivity contribution in [1.82, 2.24) is 19.9 Å². The molecule has 23 nitrogen and oxygen atoms in total. The van der Waals surface area contributed by atoms with E-state index in [1.54, 1.807) is 137 Å². The first-order chi connectivity index (χ1) is 69.9. The van der Waals surface area contributed by atoms with Crippen LogP contribution in [0.3, 0.4) is 0 Å². The van der Waals surface area contributed by atoms with Crippen LogP contribution in [-0.4, -0.2) is 140 Å². The number of H-pyrrole nitrogens is 1. The maximum Gasteiger partial charge on any atom is 0.178 e. The molecule has 12 aromatic carbocycles. The molecule has 0 amide bonds. The summed E-state index contributed by atoms with van der Waals surface area (Å²) in [5.74, 6) is 3.66. The number of nitrogens with zero attached hydrogens (tertiary/aromatic N) is 3. The number of halogens is 7. The Morgan fingerprint density at radius 2 is 0.731 bits per heavy atom. The lowest BCUT2D eigenvalue weighted by molar-refractivity contribution is 0.104. The van der Waals surface area contributed by atoms with Gasteiger partial charge in [-0.05, 0) is 265 Å². The van der Waals surface area contributed by atoms with Crippen LogP contribution in [0.25, 0.3) is 66.4 Å². The zero-order chi connectivity index (χ0) is 104. The molecule has 6 N–H and O–H groups in total. The largest absolute Gasteiger partial charge is 0.507 e. The van der Waals surface area contributed by atoms with Crippen molar-refractivity contribution in [2.45, 2.75) is 99.4 Å². The van der Waals surface area contributed by atoms with E-state index in [-0.39, 0.29) is 35.4 Å². The molecule has 0 aliphatic heterocycles. The average Bonchev–Trinajstić information content (AvgIpc) is 1.60. The van der Waals surface area contributed by atoms with Crippen LogP contribution in [0.5, 0.6) is 23.0 Å². The Balaban J connectivity index is 0.000000175. The van der Waals surface area contributed by atoms with Crippen LogP contribution in [0.1, 0.15) is 75.6 Å². The summed E-state index contributed by atoms with van der Waals surface area (Å²) in [6.45, 7) is 13.1. The van der Waals surface area contributed by atoms with Gasteiger partial charge >= 0.3 is 0 Å². The average molecular weight is 2450 g/mol. The Bertz CT molecular complexity index is 7400. The highest BCUT2D eigenvalue weighted by molar-refractivity contribution is 14.1. The quantitative estimate of drug-likeness (QED) is 0.0176. The molecule has 0 fully saturated rings. The molecule has 0 atom stereocenters. The minimum absolute atomic E-state index is 0.0420. The molecule has 0 radical (unpaired) electrons. The maximum atomic E-state index is 12.5. The topological polar surface area (TPSA) is 334 Å². The van der Waals surface area contributed by atoms with Crippen molar-refractivity contribution >= 4 is 190 Å². The number of fused-ring (bicyclic) bond motifs is 3. The van der Waals surface area contributed by atoms with Crippen molar-refractivity contribution in [2.75, 3.05) is 86.9 Å². The van der Waals surface area contributed by atoms with Crippen LogP contribution in [0, 0.1) is 7.14 Å². The molecule has 0 spiro atoms. The second-order valence-corrected chi connectivity index (χ2v) is 46.7. The van der Waals surface area contributed by atoms with Gasteiger partial charge in [-0.2, -0.15) is 0 Å². The third-order valence-electron chi connectivity index (χ3n) is 21.9. The Labute approximate surface area is 907 Å². The Kier molecular flexibility index (Phi) is 46.2. The molecule has 0 saturated carbocycles. The number of phenols is 1. The first-order valence-electron chi connectivity index (χ1n) is 46.3. The van der Waals surface area contributed by atoms with E-state index < -0.39 is 39.3 Å². The smallest absolute Gasteiger partial charge is 0.178 e.